The molecule has 3 fully saturated rings. The van der Waals surface area contributed by atoms with Crippen LogP contribution in [0.25, 0.3) is 10.2 Å². The SMILES string of the molecule is CCc1cc2c(N3CC4(CN(C(=O)[C@@H]5CC(F)(F)CN5)C4)C3)ncnc2s1.S. The Kier molecular flexibility index (Phi) is 4.79. The molecule has 3 aliphatic heterocycles. The highest BCUT2D eigenvalue weighted by atomic mass is 32.1. The molecule has 3 saturated heterocycles. The number of hydrogen-bond donors (Lipinski definition) is 1. The van der Waals surface area contributed by atoms with Crippen LogP contribution in [-0.4, -0.2) is 65.5 Å². The van der Waals surface area contributed by atoms with Gasteiger partial charge in [0.1, 0.15) is 17.0 Å². The van der Waals surface area contributed by atoms with Crippen LogP contribution in [-0.2, 0) is 11.2 Å². The zero-order valence-electron chi connectivity index (χ0n) is 15.5. The predicted molar refractivity (Wildman–Crippen MR) is 110 cm³/mol. The van der Waals surface area contributed by atoms with Gasteiger partial charge in [0, 0.05) is 42.9 Å². The molecule has 1 amide bonds. The molecule has 1 atom stereocenters. The second-order valence-corrected chi connectivity index (χ2v) is 9.14. The molecule has 0 bridgehead atoms. The summed E-state index contributed by atoms with van der Waals surface area (Å²) < 4.78 is 26.6. The number of amides is 1. The molecule has 0 unspecified atom stereocenters. The van der Waals surface area contributed by atoms with Gasteiger partial charge in [-0.1, -0.05) is 6.92 Å². The van der Waals surface area contributed by atoms with Crippen molar-refractivity contribution in [1.29, 1.82) is 0 Å². The average Bonchev–Trinajstić information content (AvgIpc) is 3.15. The molecule has 28 heavy (non-hydrogen) atoms. The molecule has 6 nitrogen and oxygen atoms in total. The smallest absolute Gasteiger partial charge is 0.262 e. The van der Waals surface area contributed by atoms with Gasteiger partial charge in [0.2, 0.25) is 5.91 Å². The summed E-state index contributed by atoms with van der Waals surface area (Å²) in [5, 5.41) is 3.75. The number of alkyl halides is 2. The number of nitrogens with one attached hydrogen (secondary N) is 1. The molecule has 0 aromatic carbocycles. The number of likely N-dealkylation sites (tertiary alicyclic amines) is 1. The van der Waals surface area contributed by atoms with Crippen LogP contribution in [0.5, 0.6) is 0 Å². The third kappa shape index (κ3) is 3.15. The standard InChI is InChI=1S/C18H21F2N5OS.H2S/c1-2-11-3-12-14(22-10-23-15(12)27-11)24-6-17(7-24)8-25(9-17)16(26)13-4-18(19,20)5-21-13;/h3,10,13,21H,2,4-9H2,1H3;1H2/t13-;/m0./s1. The van der Waals surface area contributed by atoms with Crippen molar-refractivity contribution in [2.75, 3.05) is 37.6 Å². The quantitative estimate of drug-likeness (QED) is 0.812. The molecule has 2 aromatic heterocycles. The number of anilines is 1. The van der Waals surface area contributed by atoms with Crippen LogP contribution in [0.15, 0.2) is 12.4 Å². The van der Waals surface area contributed by atoms with Gasteiger partial charge in [-0.05, 0) is 12.5 Å². The molecule has 1 spiro atoms. The third-order valence-electron chi connectivity index (χ3n) is 5.83. The van der Waals surface area contributed by atoms with E-state index < -0.39 is 24.9 Å². The van der Waals surface area contributed by atoms with Gasteiger partial charge in [-0.15, -0.1) is 11.3 Å². The second kappa shape index (κ2) is 6.77. The number of aromatic nitrogens is 2. The first kappa shape index (κ1) is 19.8. The Morgan fingerprint density at radius 2 is 2.07 bits per heavy atom. The molecular weight excluding hydrogens is 404 g/mol. The van der Waals surface area contributed by atoms with E-state index in [1.807, 2.05) is 0 Å². The van der Waals surface area contributed by atoms with Crippen molar-refractivity contribution >= 4 is 46.8 Å². The molecule has 152 valence electrons. The van der Waals surface area contributed by atoms with E-state index in [-0.39, 0.29) is 24.8 Å². The lowest BCUT2D eigenvalue weighted by atomic mass is 9.72. The fourth-order valence-electron chi connectivity index (χ4n) is 4.46. The number of carbonyl (C=O) groups excluding carboxylic acids is 1. The summed E-state index contributed by atoms with van der Waals surface area (Å²) >= 11 is 1.70. The first-order chi connectivity index (χ1) is 12.9. The minimum absolute atomic E-state index is 0. The minimum Gasteiger partial charge on any atom is -0.354 e. The van der Waals surface area contributed by atoms with Crippen molar-refractivity contribution in [2.24, 2.45) is 5.41 Å². The molecule has 0 saturated carbocycles. The summed E-state index contributed by atoms with van der Waals surface area (Å²) in [5.41, 5.74) is 0.0810. The van der Waals surface area contributed by atoms with Crippen LogP contribution in [0.3, 0.4) is 0 Å². The van der Waals surface area contributed by atoms with Gasteiger partial charge < -0.3 is 9.80 Å². The topological polar surface area (TPSA) is 61.4 Å². The van der Waals surface area contributed by atoms with Gasteiger partial charge in [-0.25, -0.2) is 18.7 Å². The summed E-state index contributed by atoms with van der Waals surface area (Å²) in [6.45, 7) is 4.70. The number of halogens is 2. The van der Waals surface area contributed by atoms with Crippen LogP contribution in [0, 0.1) is 5.41 Å². The lowest BCUT2D eigenvalue weighted by molar-refractivity contribution is -0.147. The third-order valence-corrected chi connectivity index (χ3v) is 7.02. The average molecular weight is 428 g/mol. The number of carbonyl (C=O) groups is 1. The number of aryl methyl sites for hydroxylation is 1. The zero-order valence-corrected chi connectivity index (χ0v) is 17.4. The Morgan fingerprint density at radius 1 is 1.32 bits per heavy atom. The molecule has 2 aromatic rings. The van der Waals surface area contributed by atoms with E-state index in [0.29, 0.717) is 13.1 Å². The molecule has 5 heterocycles. The summed E-state index contributed by atoms with van der Waals surface area (Å²) in [6, 6.07) is 1.43. The van der Waals surface area contributed by atoms with Crippen molar-refractivity contribution in [1.82, 2.24) is 20.2 Å². The van der Waals surface area contributed by atoms with Crippen molar-refractivity contribution in [3.8, 4) is 0 Å². The van der Waals surface area contributed by atoms with Crippen molar-refractivity contribution < 1.29 is 13.6 Å². The molecule has 10 heteroatoms. The van der Waals surface area contributed by atoms with Crippen LogP contribution >= 0.6 is 24.8 Å². The molecule has 1 N–H and O–H groups in total. The molecule has 0 radical (unpaired) electrons. The van der Waals surface area contributed by atoms with Gasteiger partial charge >= 0.3 is 0 Å². The number of rotatable bonds is 3. The Bertz CT molecular complexity index is 907. The highest BCUT2D eigenvalue weighted by Gasteiger charge is 2.55. The fraction of sp³-hybridized carbons (Fsp3) is 0.611. The maximum absolute atomic E-state index is 13.3. The highest BCUT2D eigenvalue weighted by Crippen LogP contribution is 2.44. The Labute approximate surface area is 172 Å². The van der Waals surface area contributed by atoms with Crippen molar-refractivity contribution in [3.05, 3.63) is 17.3 Å². The van der Waals surface area contributed by atoms with E-state index in [9.17, 15) is 13.6 Å². The number of nitrogens with zero attached hydrogens (tertiary/aromatic N) is 4. The lowest BCUT2D eigenvalue weighted by Gasteiger charge is -2.60. The largest absolute Gasteiger partial charge is 0.354 e. The van der Waals surface area contributed by atoms with Gasteiger partial charge in [0.15, 0.2) is 0 Å². The van der Waals surface area contributed by atoms with Gasteiger partial charge in [-0.2, -0.15) is 13.5 Å². The summed E-state index contributed by atoms with van der Waals surface area (Å²) in [6.07, 6.45) is 2.20. The number of hydrogen-bond acceptors (Lipinski definition) is 6. The number of thiophene rings is 1. The fourth-order valence-corrected chi connectivity index (χ4v) is 5.39. The van der Waals surface area contributed by atoms with Crippen molar-refractivity contribution in [2.45, 2.75) is 31.7 Å². The Morgan fingerprint density at radius 3 is 2.71 bits per heavy atom. The normalized spacial score (nSPS) is 24.8. The summed E-state index contributed by atoms with van der Waals surface area (Å²) in [5.74, 6) is -2.00. The van der Waals surface area contributed by atoms with Gasteiger partial charge in [-0.3, -0.25) is 10.1 Å². The van der Waals surface area contributed by atoms with E-state index in [1.54, 1.807) is 22.6 Å². The molecule has 3 aliphatic rings. The maximum atomic E-state index is 13.3. The van der Waals surface area contributed by atoms with Gasteiger partial charge in [0.25, 0.3) is 5.92 Å². The monoisotopic (exact) mass is 427 g/mol. The lowest BCUT2D eigenvalue weighted by Crippen LogP contribution is -2.74. The maximum Gasteiger partial charge on any atom is 0.262 e. The zero-order chi connectivity index (χ0) is 18.8. The Balaban J connectivity index is 0.00000192. The minimum atomic E-state index is -2.77. The van der Waals surface area contributed by atoms with Crippen molar-refractivity contribution in [3.63, 3.8) is 0 Å². The van der Waals surface area contributed by atoms with Crippen LogP contribution in [0.1, 0.15) is 18.2 Å². The van der Waals surface area contributed by atoms with E-state index >= 15 is 0 Å². The second-order valence-electron chi connectivity index (χ2n) is 8.03. The summed E-state index contributed by atoms with van der Waals surface area (Å²) in [4.78, 5) is 27.5. The first-order valence-electron chi connectivity index (χ1n) is 9.26. The van der Waals surface area contributed by atoms with E-state index in [4.69, 9.17) is 0 Å². The predicted octanol–water partition coefficient (Wildman–Crippen LogP) is 2.01. The van der Waals surface area contributed by atoms with E-state index in [0.717, 1.165) is 35.5 Å². The molecule has 0 aliphatic carbocycles. The van der Waals surface area contributed by atoms with E-state index in [2.05, 4.69) is 33.2 Å². The molecular formula is C18H23F2N5OS2. The first-order valence-corrected chi connectivity index (χ1v) is 10.1. The number of fused-ring (bicyclic) bond motifs is 1. The van der Waals surface area contributed by atoms with Crippen LogP contribution < -0.4 is 10.2 Å². The van der Waals surface area contributed by atoms with Gasteiger partial charge in [0.05, 0.1) is 18.0 Å². The van der Waals surface area contributed by atoms with Crippen LogP contribution in [0.4, 0.5) is 14.6 Å². The summed E-state index contributed by atoms with van der Waals surface area (Å²) in [7, 11) is 0. The Hall–Kier alpha value is -1.52. The van der Waals surface area contributed by atoms with E-state index in [1.165, 1.54) is 4.88 Å². The molecule has 5 rings (SSSR count). The highest BCUT2D eigenvalue weighted by molar-refractivity contribution is 7.59. The van der Waals surface area contributed by atoms with Crippen LogP contribution in [0.2, 0.25) is 0 Å².